The van der Waals surface area contributed by atoms with Crippen molar-refractivity contribution in [2.75, 3.05) is 26.7 Å². The van der Waals surface area contributed by atoms with E-state index in [0.717, 1.165) is 0 Å². The van der Waals surface area contributed by atoms with Crippen LogP contribution >= 0.6 is 0 Å². The Hall–Kier alpha value is -0.220. The molecule has 90 valence electrons. The van der Waals surface area contributed by atoms with Gasteiger partial charge in [0.05, 0.1) is 18.1 Å². The molecule has 0 saturated carbocycles. The standard InChI is InChI=1S/C11H21F2NO/c1-9(2)15-8-10(3)7-14(4)6-5-11(10,12)13/h9H,5-8H2,1-4H3/t10-/m1/s1. The monoisotopic (exact) mass is 221 g/mol. The van der Waals surface area contributed by atoms with E-state index in [1.54, 1.807) is 6.92 Å². The third kappa shape index (κ3) is 2.88. The summed E-state index contributed by atoms with van der Waals surface area (Å²) in [7, 11) is 1.88. The van der Waals surface area contributed by atoms with Gasteiger partial charge in [0.2, 0.25) is 0 Å². The second-order valence-electron chi connectivity index (χ2n) is 5.11. The van der Waals surface area contributed by atoms with E-state index in [2.05, 4.69) is 0 Å². The maximum Gasteiger partial charge on any atom is 0.258 e. The van der Waals surface area contributed by atoms with Gasteiger partial charge in [-0.05, 0) is 20.9 Å². The molecule has 0 aliphatic carbocycles. The molecule has 2 nitrogen and oxygen atoms in total. The van der Waals surface area contributed by atoms with Crippen LogP contribution in [0.15, 0.2) is 0 Å². The van der Waals surface area contributed by atoms with Gasteiger partial charge in [0, 0.05) is 19.5 Å². The predicted octanol–water partition coefficient (Wildman–Crippen LogP) is 2.39. The number of hydrogen-bond acceptors (Lipinski definition) is 2. The molecule has 0 aromatic heterocycles. The average Bonchev–Trinajstić information content (AvgIpc) is 2.10. The van der Waals surface area contributed by atoms with Crippen LogP contribution in [-0.2, 0) is 4.74 Å². The minimum Gasteiger partial charge on any atom is -0.378 e. The summed E-state index contributed by atoms with van der Waals surface area (Å²) in [6.45, 7) is 6.34. The van der Waals surface area contributed by atoms with Crippen molar-refractivity contribution in [1.29, 1.82) is 0 Å². The van der Waals surface area contributed by atoms with Crippen molar-refractivity contribution >= 4 is 0 Å². The fourth-order valence-corrected chi connectivity index (χ4v) is 1.93. The molecule has 4 heteroatoms. The SMILES string of the molecule is CC(C)OC[C@@]1(C)CN(C)CCC1(F)F. The molecule has 1 aliphatic heterocycles. The Morgan fingerprint density at radius 1 is 1.40 bits per heavy atom. The minimum absolute atomic E-state index is 0.00450. The van der Waals surface area contributed by atoms with Gasteiger partial charge in [-0.2, -0.15) is 0 Å². The van der Waals surface area contributed by atoms with Crippen molar-refractivity contribution in [3.05, 3.63) is 0 Å². The van der Waals surface area contributed by atoms with Crippen LogP contribution in [0.5, 0.6) is 0 Å². The van der Waals surface area contributed by atoms with Gasteiger partial charge in [-0.15, -0.1) is 0 Å². The Morgan fingerprint density at radius 2 is 2.00 bits per heavy atom. The average molecular weight is 221 g/mol. The second kappa shape index (κ2) is 4.34. The summed E-state index contributed by atoms with van der Waals surface area (Å²) < 4.78 is 32.9. The number of rotatable bonds is 3. The quantitative estimate of drug-likeness (QED) is 0.725. The van der Waals surface area contributed by atoms with E-state index in [0.29, 0.717) is 13.1 Å². The molecule has 1 rings (SSSR count). The zero-order valence-electron chi connectivity index (χ0n) is 10.0. The molecule has 0 bridgehead atoms. The third-order valence-electron chi connectivity index (χ3n) is 3.04. The van der Waals surface area contributed by atoms with Gasteiger partial charge in [0.25, 0.3) is 5.92 Å². The highest BCUT2D eigenvalue weighted by molar-refractivity contribution is 4.95. The second-order valence-corrected chi connectivity index (χ2v) is 5.11. The van der Waals surface area contributed by atoms with Crippen LogP contribution in [0, 0.1) is 5.41 Å². The maximum absolute atomic E-state index is 13.8. The van der Waals surface area contributed by atoms with Gasteiger partial charge in [-0.3, -0.25) is 0 Å². The van der Waals surface area contributed by atoms with E-state index >= 15 is 0 Å². The van der Waals surface area contributed by atoms with E-state index in [-0.39, 0.29) is 19.1 Å². The summed E-state index contributed by atoms with van der Waals surface area (Å²) in [5, 5.41) is 0. The highest BCUT2D eigenvalue weighted by atomic mass is 19.3. The van der Waals surface area contributed by atoms with Crippen LogP contribution in [0.25, 0.3) is 0 Å². The molecule has 1 fully saturated rings. The van der Waals surface area contributed by atoms with E-state index in [9.17, 15) is 8.78 Å². The van der Waals surface area contributed by atoms with Gasteiger partial charge >= 0.3 is 0 Å². The first-order valence-electron chi connectivity index (χ1n) is 5.45. The lowest BCUT2D eigenvalue weighted by Gasteiger charge is -2.44. The van der Waals surface area contributed by atoms with E-state index in [1.807, 2.05) is 25.8 Å². The van der Waals surface area contributed by atoms with Gasteiger partial charge in [0.1, 0.15) is 0 Å². The number of nitrogens with zero attached hydrogens (tertiary/aromatic N) is 1. The maximum atomic E-state index is 13.8. The summed E-state index contributed by atoms with van der Waals surface area (Å²) in [5.41, 5.74) is -1.05. The summed E-state index contributed by atoms with van der Waals surface area (Å²) in [6.07, 6.45) is -0.0635. The highest BCUT2D eigenvalue weighted by Crippen LogP contribution is 2.43. The number of likely N-dealkylation sites (tertiary alicyclic amines) is 1. The lowest BCUT2D eigenvalue weighted by Crippen LogP contribution is -2.55. The van der Waals surface area contributed by atoms with Crippen molar-refractivity contribution < 1.29 is 13.5 Å². The molecule has 0 N–H and O–H groups in total. The van der Waals surface area contributed by atoms with Crippen molar-refractivity contribution in [3.63, 3.8) is 0 Å². The highest BCUT2D eigenvalue weighted by Gasteiger charge is 2.53. The Labute approximate surface area is 90.6 Å². The van der Waals surface area contributed by atoms with Gasteiger partial charge in [-0.1, -0.05) is 6.92 Å². The molecule has 1 aliphatic rings. The molecule has 0 radical (unpaired) electrons. The first-order valence-corrected chi connectivity index (χ1v) is 5.45. The molecule has 0 spiro atoms. The third-order valence-corrected chi connectivity index (χ3v) is 3.04. The smallest absolute Gasteiger partial charge is 0.258 e. The van der Waals surface area contributed by atoms with Crippen LogP contribution in [0.4, 0.5) is 8.78 Å². The van der Waals surface area contributed by atoms with Gasteiger partial charge in [0.15, 0.2) is 0 Å². The molecule has 1 heterocycles. The number of piperidine rings is 1. The fraction of sp³-hybridized carbons (Fsp3) is 1.00. The molecule has 0 unspecified atom stereocenters. The zero-order valence-corrected chi connectivity index (χ0v) is 10.0. The molecule has 1 atom stereocenters. The molecular formula is C11H21F2NO. The predicted molar refractivity (Wildman–Crippen MR) is 56.3 cm³/mol. The number of alkyl halides is 2. The molecule has 0 amide bonds. The molecular weight excluding hydrogens is 200 g/mol. The van der Waals surface area contributed by atoms with Crippen LogP contribution in [0.2, 0.25) is 0 Å². The van der Waals surface area contributed by atoms with Crippen LogP contribution in [0.1, 0.15) is 27.2 Å². The number of ether oxygens (including phenoxy) is 1. The van der Waals surface area contributed by atoms with Crippen molar-refractivity contribution in [3.8, 4) is 0 Å². The van der Waals surface area contributed by atoms with Crippen LogP contribution in [-0.4, -0.2) is 43.7 Å². The first kappa shape index (κ1) is 12.8. The zero-order chi connectivity index (χ0) is 11.7. The summed E-state index contributed by atoms with van der Waals surface area (Å²) in [4.78, 5) is 1.95. The summed E-state index contributed by atoms with van der Waals surface area (Å²) in [6, 6.07) is 0. The van der Waals surface area contributed by atoms with E-state index in [4.69, 9.17) is 4.74 Å². The van der Waals surface area contributed by atoms with Crippen molar-refractivity contribution in [2.24, 2.45) is 5.41 Å². The van der Waals surface area contributed by atoms with E-state index in [1.165, 1.54) is 0 Å². The van der Waals surface area contributed by atoms with Gasteiger partial charge in [-0.25, -0.2) is 8.78 Å². The van der Waals surface area contributed by atoms with Crippen molar-refractivity contribution in [1.82, 2.24) is 4.90 Å². The van der Waals surface area contributed by atoms with Gasteiger partial charge < -0.3 is 9.64 Å². The summed E-state index contributed by atoms with van der Waals surface area (Å²) >= 11 is 0. The molecule has 0 aromatic carbocycles. The topological polar surface area (TPSA) is 12.5 Å². The van der Waals surface area contributed by atoms with E-state index < -0.39 is 11.3 Å². The van der Waals surface area contributed by atoms with Crippen LogP contribution < -0.4 is 0 Å². The number of hydrogen-bond donors (Lipinski definition) is 0. The molecule has 15 heavy (non-hydrogen) atoms. The van der Waals surface area contributed by atoms with Crippen molar-refractivity contribution in [2.45, 2.75) is 39.2 Å². The Bertz CT molecular complexity index is 221. The summed E-state index contributed by atoms with van der Waals surface area (Å²) in [5.74, 6) is -2.62. The Balaban J connectivity index is 2.67. The fourth-order valence-electron chi connectivity index (χ4n) is 1.93. The lowest BCUT2D eigenvalue weighted by atomic mass is 9.79. The van der Waals surface area contributed by atoms with Crippen LogP contribution in [0.3, 0.4) is 0 Å². The normalized spacial score (nSPS) is 32.2. The minimum atomic E-state index is -2.62. The number of halogens is 2. The largest absolute Gasteiger partial charge is 0.378 e. The Morgan fingerprint density at radius 3 is 2.53 bits per heavy atom. The first-order chi connectivity index (χ1) is 6.77. The lowest BCUT2D eigenvalue weighted by molar-refractivity contribution is -0.184. The Kier molecular flexibility index (Phi) is 3.71. The molecule has 1 saturated heterocycles. The molecule has 0 aromatic rings.